The third-order valence-electron chi connectivity index (χ3n) is 4.10. The lowest BCUT2D eigenvalue weighted by Crippen LogP contribution is -2.52. The highest BCUT2D eigenvalue weighted by atomic mass is 16.2. The Labute approximate surface area is 110 Å². The number of likely N-dealkylation sites (N-methyl/N-ethyl adjacent to an activating group) is 2. The van der Waals surface area contributed by atoms with Crippen molar-refractivity contribution in [3.63, 3.8) is 0 Å². The van der Waals surface area contributed by atoms with Crippen LogP contribution in [0.3, 0.4) is 0 Å². The molecule has 2 aliphatic rings. The maximum Gasteiger partial charge on any atom is 0.319 e. The molecule has 0 aromatic carbocycles. The fourth-order valence-corrected chi connectivity index (χ4v) is 3.01. The third kappa shape index (κ3) is 3.14. The summed E-state index contributed by atoms with van der Waals surface area (Å²) in [6.45, 7) is 8.88. The van der Waals surface area contributed by atoms with Crippen LogP contribution in [0.1, 0.15) is 19.8 Å². The number of piperazine rings is 1. The Kier molecular flexibility index (Phi) is 4.83. The molecule has 18 heavy (non-hydrogen) atoms. The highest BCUT2D eigenvalue weighted by molar-refractivity contribution is 5.74. The molecule has 2 aliphatic heterocycles. The molecule has 0 spiro atoms. The number of carbonyl (C=O) groups is 1. The number of nitrogens with zero attached hydrogens (tertiary/aromatic N) is 3. The van der Waals surface area contributed by atoms with Gasteiger partial charge in [0.2, 0.25) is 0 Å². The van der Waals surface area contributed by atoms with Crippen LogP contribution < -0.4 is 5.32 Å². The molecule has 0 radical (unpaired) electrons. The van der Waals surface area contributed by atoms with Crippen LogP contribution in [0.2, 0.25) is 0 Å². The summed E-state index contributed by atoms with van der Waals surface area (Å²) in [6.07, 6.45) is 2.50. The van der Waals surface area contributed by atoms with Gasteiger partial charge in [0.15, 0.2) is 0 Å². The van der Waals surface area contributed by atoms with E-state index in [0.29, 0.717) is 6.04 Å². The Hall–Kier alpha value is -0.810. The summed E-state index contributed by atoms with van der Waals surface area (Å²) in [7, 11) is 1.94. The fourth-order valence-electron chi connectivity index (χ4n) is 3.01. The van der Waals surface area contributed by atoms with Gasteiger partial charge >= 0.3 is 6.03 Å². The Balaban J connectivity index is 1.82. The van der Waals surface area contributed by atoms with Gasteiger partial charge in [-0.3, -0.25) is 4.90 Å². The maximum absolute atomic E-state index is 12.3. The van der Waals surface area contributed by atoms with E-state index in [9.17, 15) is 4.79 Å². The first kappa shape index (κ1) is 13.6. The van der Waals surface area contributed by atoms with Crippen LogP contribution in [0.5, 0.6) is 0 Å². The van der Waals surface area contributed by atoms with Crippen LogP contribution in [0.15, 0.2) is 0 Å². The van der Waals surface area contributed by atoms with Crippen molar-refractivity contribution < 1.29 is 4.79 Å². The van der Waals surface area contributed by atoms with E-state index in [-0.39, 0.29) is 6.03 Å². The van der Waals surface area contributed by atoms with Gasteiger partial charge in [0.1, 0.15) is 0 Å². The molecule has 1 unspecified atom stereocenters. The highest BCUT2D eigenvalue weighted by Gasteiger charge is 2.27. The van der Waals surface area contributed by atoms with Gasteiger partial charge in [-0.15, -0.1) is 0 Å². The molecule has 2 amide bonds. The van der Waals surface area contributed by atoms with Crippen LogP contribution in [0, 0.1) is 0 Å². The summed E-state index contributed by atoms with van der Waals surface area (Å²) in [4.78, 5) is 18.6. The number of rotatable bonds is 3. The molecular weight excluding hydrogens is 228 g/mol. The van der Waals surface area contributed by atoms with Crippen LogP contribution in [-0.4, -0.2) is 79.6 Å². The average molecular weight is 254 g/mol. The minimum atomic E-state index is 0.194. The first-order chi connectivity index (χ1) is 8.72. The van der Waals surface area contributed by atoms with Gasteiger partial charge in [-0.1, -0.05) is 6.92 Å². The largest absolute Gasteiger partial charge is 0.326 e. The first-order valence-corrected chi connectivity index (χ1v) is 7.17. The number of likely N-dealkylation sites (tertiary alicyclic amines) is 1. The van der Waals surface area contributed by atoms with E-state index in [1.54, 1.807) is 0 Å². The number of nitrogens with one attached hydrogen (secondary N) is 1. The average Bonchev–Trinajstić information content (AvgIpc) is 2.86. The molecular formula is C13H26N4O. The van der Waals surface area contributed by atoms with E-state index in [4.69, 9.17) is 0 Å². The van der Waals surface area contributed by atoms with E-state index < -0.39 is 0 Å². The minimum Gasteiger partial charge on any atom is -0.326 e. The molecule has 5 nitrogen and oxygen atoms in total. The van der Waals surface area contributed by atoms with Gasteiger partial charge in [-0.25, -0.2) is 4.79 Å². The van der Waals surface area contributed by atoms with Crippen molar-refractivity contribution in [2.45, 2.75) is 25.8 Å². The van der Waals surface area contributed by atoms with Gasteiger partial charge in [0.05, 0.1) is 0 Å². The van der Waals surface area contributed by atoms with Gasteiger partial charge < -0.3 is 15.1 Å². The predicted octanol–water partition coefficient (Wildman–Crippen LogP) is 0.428. The number of amides is 2. The molecule has 5 heteroatoms. The second-order valence-electron chi connectivity index (χ2n) is 5.32. The Morgan fingerprint density at radius 2 is 2.06 bits per heavy atom. The third-order valence-corrected chi connectivity index (χ3v) is 4.10. The first-order valence-electron chi connectivity index (χ1n) is 7.17. The minimum absolute atomic E-state index is 0.194. The number of urea groups is 1. The highest BCUT2D eigenvalue weighted by Crippen LogP contribution is 2.17. The standard InChI is InChI=1S/C13H26N4O/c1-3-16-8-4-5-12(16)11-15(2)13(18)17-9-6-14-7-10-17/h12,14H,3-11H2,1-2H3. The van der Waals surface area contributed by atoms with Gasteiger partial charge in [0.25, 0.3) is 0 Å². The summed E-state index contributed by atoms with van der Waals surface area (Å²) in [5.74, 6) is 0. The van der Waals surface area contributed by atoms with Gasteiger partial charge in [-0.05, 0) is 25.9 Å². The topological polar surface area (TPSA) is 38.8 Å². The molecule has 2 fully saturated rings. The molecule has 2 heterocycles. The second-order valence-corrected chi connectivity index (χ2v) is 5.32. The summed E-state index contributed by atoms with van der Waals surface area (Å²) in [5, 5.41) is 3.28. The van der Waals surface area contributed by atoms with Crippen LogP contribution in [0.25, 0.3) is 0 Å². The van der Waals surface area contributed by atoms with Crippen molar-refractivity contribution in [2.24, 2.45) is 0 Å². The lowest BCUT2D eigenvalue weighted by molar-refractivity contribution is 0.141. The van der Waals surface area contributed by atoms with E-state index in [0.717, 1.165) is 39.3 Å². The Bertz CT molecular complexity index is 278. The Morgan fingerprint density at radius 3 is 2.72 bits per heavy atom. The lowest BCUT2D eigenvalue weighted by Gasteiger charge is -2.34. The summed E-state index contributed by atoms with van der Waals surface area (Å²) in [5.41, 5.74) is 0. The van der Waals surface area contributed by atoms with Crippen molar-refractivity contribution in [2.75, 3.05) is 52.9 Å². The van der Waals surface area contributed by atoms with Crippen molar-refractivity contribution in [1.29, 1.82) is 0 Å². The number of hydrogen-bond acceptors (Lipinski definition) is 3. The van der Waals surface area contributed by atoms with Gasteiger partial charge in [0, 0.05) is 45.8 Å². The smallest absolute Gasteiger partial charge is 0.319 e. The number of carbonyl (C=O) groups excluding carboxylic acids is 1. The maximum atomic E-state index is 12.3. The molecule has 0 saturated carbocycles. The SMILES string of the molecule is CCN1CCCC1CN(C)C(=O)N1CCNCC1. The van der Waals surface area contributed by atoms with E-state index in [2.05, 4.69) is 17.1 Å². The normalized spacial score (nSPS) is 25.4. The zero-order valence-corrected chi connectivity index (χ0v) is 11.7. The molecule has 2 saturated heterocycles. The monoisotopic (exact) mass is 254 g/mol. The molecule has 0 bridgehead atoms. The summed E-state index contributed by atoms with van der Waals surface area (Å²) >= 11 is 0. The second kappa shape index (κ2) is 6.38. The number of hydrogen-bond donors (Lipinski definition) is 1. The van der Waals surface area contributed by atoms with Crippen molar-refractivity contribution >= 4 is 6.03 Å². The molecule has 2 rings (SSSR count). The van der Waals surface area contributed by atoms with Crippen molar-refractivity contribution in [3.05, 3.63) is 0 Å². The van der Waals surface area contributed by atoms with Crippen molar-refractivity contribution in [3.8, 4) is 0 Å². The molecule has 0 aliphatic carbocycles. The predicted molar refractivity (Wildman–Crippen MR) is 72.7 cm³/mol. The van der Waals surface area contributed by atoms with Crippen LogP contribution >= 0.6 is 0 Å². The quantitative estimate of drug-likeness (QED) is 0.794. The molecule has 1 atom stereocenters. The molecule has 0 aromatic rings. The van der Waals surface area contributed by atoms with E-state index in [1.165, 1.54) is 19.4 Å². The van der Waals surface area contributed by atoms with Gasteiger partial charge in [-0.2, -0.15) is 0 Å². The molecule has 0 aromatic heterocycles. The zero-order valence-electron chi connectivity index (χ0n) is 11.7. The van der Waals surface area contributed by atoms with E-state index in [1.807, 2.05) is 16.8 Å². The zero-order chi connectivity index (χ0) is 13.0. The Morgan fingerprint density at radius 1 is 1.33 bits per heavy atom. The molecule has 1 N–H and O–H groups in total. The van der Waals surface area contributed by atoms with Crippen LogP contribution in [-0.2, 0) is 0 Å². The van der Waals surface area contributed by atoms with Crippen molar-refractivity contribution in [1.82, 2.24) is 20.0 Å². The lowest BCUT2D eigenvalue weighted by atomic mass is 10.2. The fraction of sp³-hybridized carbons (Fsp3) is 0.923. The van der Waals surface area contributed by atoms with Crippen LogP contribution in [0.4, 0.5) is 4.79 Å². The molecule has 104 valence electrons. The summed E-state index contributed by atoms with van der Waals surface area (Å²) < 4.78 is 0. The summed E-state index contributed by atoms with van der Waals surface area (Å²) in [6, 6.07) is 0.756. The van der Waals surface area contributed by atoms with E-state index >= 15 is 0 Å².